The summed E-state index contributed by atoms with van der Waals surface area (Å²) in [6.07, 6.45) is 2.30. The number of thioether (sulfide) groups is 1. The Morgan fingerprint density at radius 2 is 2.04 bits per heavy atom. The van der Waals surface area contributed by atoms with Crippen LogP contribution in [0.25, 0.3) is 0 Å². The van der Waals surface area contributed by atoms with Gasteiger partial charge in [-0.3, -0.25) is 0 Å². The second-order valence-corrected chi connectivity index (χ2v) is 9.51. The Bertz CT molecular complexity index is 786. The van der Waals surface area contributed by atoms with E-state index in [2.05, 4.69) is 22.0 Å². The molecule has 1 unspecified atom stereocenters. The lowest BCUT2D eigenvalue weighted by atomic mass is 9.99. The fourth-order valence-electron chi connectivity index (χ4n) is 3.42. The van der Waals surface area contributed by atoms with Gasteiger partial charge in [-0.1, -0.05) is 45.7 Å². The summed E-state index contributed by atoms with van der Waals surface area (Å²) < 4.78 is 5.94. The number of hydrogen-bond donors (Lipinski definition) is 1. The van der Waals surface area contributed by atoms with Crippen LogP contribution in [0.4, 0.5) is 0 Å². The molecule has 3 atom stereocenters. The fourth-order valence-corrected chi connectivity index (χ4v) is 6.08. The average Bonchev–Trinajstić information content (AvgIpc) is 3.00. The van der Waals surface area contributed by atoms with Gasteiger partial charge in [-0.05, 0) is 60.6 Å². The van der Waals surface area contributed by atoms with Crippen molar-refractivity contribution >= 4 is 45.3 Å². The molecule has 0 aromatic heterocycles. The standard InChI is InChI=1S/C21H22BrClO3S/c22-20-8-7-16(19(20)13-27-18-6-2-5-17(23)10-18)12-26-11-14-3-1-4-15(9-14)21(24)25/h1-6,9-10,16,19-20H,7-8,11-13H2,(H,24,25)/t16-,19-,20?/m1/s1. The zero-order valence-corrected chi connectivity index (χ0v) is 18.0. The molecule has 144 valence electrons. The van der Waals surface area contributed by atoms with Gasteiger partial charge in [0.2, 0.25) is 0 Å². The first kappa shape index (κ1) is 20.7. The van der Waals surface area contributed by atoms with Gasteiger partial charge >= 0.3 is 5.97 Å². The fraction of sp³-hybridized carbons (Fsp3) is 0.381. The first-order valence-electron chi connectivity index (χ1n) is 8.95. The highest BCUT2D eigenvalue weighted by molar-refractivity contribution is 9.09. The van der Waals surface area contributed by atoms with Crippen LogP contribution >= 0.6 is 39.3 Å². The second-order valence-electron chi connectivity index (χ2n) is 6.81. The second kappa shape index (κ2) is 9.97. The normalized spacial score (nSPS) is 22.1. The number of aromatic carboxylic acids is 1. The maximum atomic E-state index is 11.1. The lowest BCUT2D eigenvalue weighted by Crippen LogP contribution is -2.21. The van der Waals surface area contributed by atoms with Gasteiger partial charge in [0.15, 0.2) is 0 Å². The third kappa shape index (κ3) is 5.98. The van der Waals surface area contributed by atoms with E-state index in [-0.39, 0.29) is 0 Å². The van der Waals surface area contributed by atoms with Crippen LogP contribution < -0.4 is 0 Å². The molecule has 6 heteroatoms. The van der Waals surface area contributed by atoms with Crippen LogP contribution in [-0.4, -0.2) is 28.3 Å². The molecule has 0 amide bonds. The van der Waals surface area contributed by atoms with Crippen molar-refractivity contribution in [3.8, 4) is 0 Å². The number of ether oxygens (including phenoxy) is 1. The molecule has 3 rings (SSSR count). The highest BCUT2D eigenvalue weighted by Gasteiger charge is 2.34. The molecule has 0 heterocycles. The molecule has 0 radical (unpaired) electrons. The van der Waals surface area contributed by atoms with E-state index < -0.39 is 5.97 Å². The number of halogens is 2. The van der Waals surface area contributed by atoms with Crippen LogP contribution in [0.5, 0.6) is 0 Å². The van der Waals surface area contributed by atoms with Crippen molar-refractivity contribution in [2.75, 3.05) is 12.4 Å². The molecule has 0 bridgehead atoms. The number of carboxylic acids is 1. The van der Waals surface area contributed by atoms with Gasteiger partial charge in [-0.2, -0.15) is 0 Å². The van der Waals surface area contributed by atoms with Crippen LogP contribution in [-0.2, 0) is 11.3 Å². The van der Waals surface area contributed by atoms with E-state index in [9.17, 15) is 4.79 Å². The molecule has 2 aromatic carbocycles. The molecular weight excluding hydrogens is 448 g/mol. The van der Waals surface area contributed by atoms with E-state index in [4.69, 9.17) is 21.4 Å². The quantitative estimate of drug-likeness (QED) is 0.373. The summed E-state index contributed by atoms with van der Waals surface area (Å²) in [6.45, 7) is 1.14. The van der Waals surface area contributed by atoms with E-state index in [0.717, 1.165) is 29.2 Å². The smallest absolute Gasteiger partial charge is 0.335 e. The van der Waals surface area contributed by atoms with E-state index in [1.165, 1.54) is 4.90 Å². The van der Waals surface area contributed by atoms with Crippen molar-refractivity contribution in [3.05, 3.63) is 64.7 Å². The van der Waals surface area contributed by atoms with Gasteiger partial charge in [-0.15, -0.1) is 11.8 Å². The molecule has 1 aliphatic carbocycles. The Morgan fingerprint density at radius 3 is 2.81 bits per heavy atom. The molecule has 0 saturated heterocycles. The lowest BCUT2D eigenvalue weighted by molar-refractivity contribution is 0.0694. The first-order valence-corrected chi connectivity index (χ1v) is 11.2. The summed E-state index contributed by atoms with van der Waals surface area (Å²) in [5.74, 6) is 1.16. The molecule has 3 nitrogen and oxygen atoms in total. The first-order chi connectivity index (χ1) is 13.0. The van der Waals surface area contributed by atoms with Crippen LogP contribution in [0.15, 0.2) is 53.4 Å². The van der Waals surface area contributed by atoms with Crippen molar-refractivity contribution in [2.24, 2.45) is 11.8 Å². The summed E-state index contributed by atoms with van der Waals surface area (Å²) >= 11 is 11.7. The van der Waals surface area contributed by atoms with Crippen molar-refractivity contribution in [1.82, 2.24) is 0 Å². The summed E-state index contributed by atoms with van der Waals surface area (Å²) in [5, 5.41) is 9.85. The molecule has 1 aliphatic rings. The number of carbonyl (C=O) groups is 1. The Balaban J connectivity index is 1.51. The monoisotopic (exact) mass is 468 g/mol. The van der Waals surface area contributed by atoms with Crippen LogP contribution in [0.2, 0.25) is 5.02 Å². The van der Waals surface area contributed by atoms with Crippen molar-refractivity contribution in [1.29, 1.82) is 0 Å². The Labute approximate surface area is 177 Å². The van der Waals surface area contributed by atoms with Crippen molar-refractivity contribution in [3.63, 3.8) is 0 Å². The predicted octanol–water partition coefficient (Wildman–Crippen LogP) is 6.14. The molecule has 27 heavy (non-hydrogen) atoms. The summed E-state index contributed by atoms with van der Waals surface area (Å²) in [7, 11) is 0. The Morgan fingerprint density at radius 1 is 1.22 bits per heavy atom. The summed E-state index contributed by atoms with van der Waals surface area (Å²) in [5.41, 5.74) is 1.20. The summed E-state index contributed by atoms with van der Waals surface area (Å²) in [4.78, 5) is 12.8. The Hall–Kier alpha value is -1.01. The van der Waals surface area contributed by atoms with Gasteiger partial charge in [0.05, 0.1) is 18.8 Å². The highest BCUT2D eigenvalue weighted by atomic mass is 79.9. The van der Waals surface area contributed by atoms with E-state index in [1.54, 1.807) is 18.2 Å². The van der Waals surface area contributed by atoms with E-state index in [1.807, 2.05) is 36.0 Å². The maximum Gasteiger partial charge on any atom is 0.335 e. The van der Waals surface area contributed by atoms with Gasteiger partial charge in [-0.25, -0.2) is 4.79 Å². The Kier molecular flexibility index (Phi) is 7.65. The molecule has 1 fully saturated rings. The van der Waals surface area contributed by atoms with Crippen LogP contribution in [0.1, 0.15) is 28.8 Å². The minimum absolute atomic E-state index is 0.299. The van der Waals surface area contributed by atoms with Gasteiger partial charge < -0.3 is 9.84 Å². The third-order valence-corrected chi connectivity index (χ3v) is 7.41. The lowest BCUT2D eigenvalue weighted by Gasteiger charge is -2.22. The molecule has 2 aromatic rings. The number of benzene rings is 2. The number of alkyl halides is 1. The van der Waals surface area contributed by atoms with Crippen LogP contribution in [0, 0.1) is 11.8 Å². The van der Waals surface area contributed by atoms with Gasteiger partial charge in [0.1, 0.15) is 0 Å². The largest absolute Gasteiger partial charge is 0.478 e. The van der Waals surface area contributed by atoms with Crippen LogP contribution in [0.3, 0.4) is 0 Å². The van der Waals surface area contributed by atoms with Gasteiger partial charge in [0.25, 0.3) is 0 Å². The minimum atomic E-state index is -0.909. The third-order valence-electron chi connectivity index (χ3n) is 4.90. The topological polar surface area (TPSA) is 46.5 Å². The van der Waals surface area contributed by atoms with Crippen molar-refractivity contribution in [2.45, 2.75) is 29.2 Å². The SMILES string of the molecule is O=C(O)c1cccc(COC[C@H]2CCC(Br)[C@@H]2CSc2cccc(Cl)c2)c1. The van der Waals surface area contributed by atoms with Crippen molar-refractivity contribution < 1.29 is 14.6 Å². The number of carboxylic acid groups (broad SMARTS) is 1. The predicted molar refractivity (Wildman–Crippen MR) is 114 cm³/mol. The highest BCUT2D eigenvalue weighted by Crippen LogP contribution is 2.40. The molecule has 1 N–H and O–H groups in total. The molecular formula is C21H22BrClO3S. The maximum absolute atomic E-state index is 11.1. The van der Waals surface area contributed by atoms with E-state index in [0.29, 0.717) is 35.4 Å². The molecule has 1 saturated carbocycles. The zero-order chi connectivity index (χ0) is 19.2. The molecule has 0 aliphatic heterocycles. The number of rotatable bonds is 8. The average molecular weight is 470 g/mol. The number of hydrogen-bond acceptors (Lipinski definition) is 3. The zero-order valence-electron chi connectivity index (χ0n) is 14.8. The molecule has 0 spiro atoms. The van der Waals surface area contributed by atoms with Gasteiger partial charge in [0, 0.05) is 20.5 Å². The minimum Gasteiger partial charge on any atom is -0.478 e. The summed E-state index contributed by atoms with van der Waals surface area (Å²) in [6, 6.07) is 14.9. The van der Waals surface area contributed by atoms with E-state index >= 15 is 0 Å².